The minimum absolute atomic E-state index is 0.225. The largest absolute Gasteiger partial charge is 0.469 e. The third kappa shape index (κ3) is 5.58. The van der Waals surface area contributed by atoms with Crippen LogP contribution in [0.25, 0.3) is 44.4 Å². The molecule has 226 valence electrons. The van der Waals surface area contributed by atoms with Gasteiger partial charge in [-0.25, -0.2) is 9.97 Å². The van der Waals surface area contributed by atoms with E-state index < -0.39 is 0 Å². The number of methoxy groups -OCH3 is 2. The average Bonchev–Trinajstić information content (AvgIpc) is 3.67. The summed E-state index contributed by atoms with van der Waals surface area (Å²) in [6.45, 7) is 10.3. The Hall–Kier alpha value is -4.90. The molecule has 5 rings (SSSR count). The van der Waals surface area contributed by atoms with Crippen molar-refractivity contribution in [2.45, 2.75) is 66.7 Å². The van der Waals surface area contributed by atoms with Gasteiger partial charge in [-0.05, 0) is 110 Å². The van der Waals surface area contributed by atoms with Crippen LogP contribution < -0.4 is 0 Å². The third-order valence-corrected chi connectivity index (χ3v) is 8.78. The molecular formula is C36H38N4O4. The van der Waals surface area contributed by atoms with Crippen LogP contribution in [0.15, 0.2) is 24.3 Å². The molecule has 0 atom stereocenters. The number of aryl methyl sites for hydroxylation is 4. The van der Waals surface area contributed by atoms with E-state index >= 15 is 0 Å². The number of aromatic nitrogens is 4. The maximum absolute atomic E-state index is 12.2. The summed E-state index contributed by atoms with van der Waals surface area (Å²) in [7, 11) is 2.80. The van der Waals surface area contributed by atoms with E-state index in [0.717, 1.165) is 90.2 Å². The lowest BCUT2D eigenvalue weighted by Gasteiger charge is -2.04. The number of fused-ring (bicyclic) bond motifs is 8. The summed E-state index contributed by atoms with van der Waals surface area (Å²) >= 11 is 0. The summed E-state index contributed by atoms with van der Waals surface area (Å²) in [5.74, 6) is 2.30. The number of allylic oxidation sites excluding steroid dienone is 4. The quantitative estimate of drug-likeness (QED) is 0.225. The zero-order valence-electron chi connectivity index (χ0n) is 26.4. The number of carbonyl (C=O) groups excluding carboxylic acids is 2. The molecule has 8 nitrogen and oxygen atoms in total. The van der Waals surface area contributed by atoms with Crippen molar-refractivity contribution in [3.05, 3.63) is 69.3 Å². The number of hydrogen-bond acceptors (Lipinski definition) is 6. The first-order valence-electron chi connectivity index (χ1n) is 14.9. The summed E-state index contributed by atoms with van der Waals surface area (Å²) in [6, 6.07) is 8.14. The van der Waals surface area contributed by atoms with Crippen LogP contribution in [-0.2, 0) is 31.9 Å². The van der Waals surface area contributed by atoms with Crippen molar-refractivity contribution in [2.75, 3.05) is 14.2 Å². The van der Waals surface area contributed by atoms with Crippen molar-refractivity contribution < 1.29 is 19.1 Å². The summed E-state index contributed by atoms with van der Waals surface area (Å²) in [6.07, 6.45) is 8.28. The number of hydrogen-bond donors (Lipinski definition) is 2. The van der Waals surface area contributed by atoms with Crippen LogP contribution in [0.4, 0.5) is 0 Å². The molecule has 0 saturated heterocycles. The lowest BCUT2D eigenvalue weighted by atomic mass is 10.00. The van der Waals surface area contributed by atoms with Crippen molar-refractivity contribution in [2.24, 2.45) is 0 Å². The van der Waals surface area contributed by atoms with Gasteiger partial charge in [0.05, 0.1) is 42.6 Å². The molecule has 8 bridgehead atoms. The van der Waals surface area contributed by atoms with Gasteiger partial charge in [-0.1, -0.05) is 12.8 Å². The van der Waals surface area contributed by atoms with Gasteiger partial charge >= 0.3 is 11.9 Å². The van der Waals surface area contributed by atoms with Gasteiger partial charge in [-0.2, -0.15) is 0 Å². The zero-order valence-corrected chi connectivity index (χ0v) is 26.4. The highest BCUT2D eigenvalue weighted by molar-refractivity contribution is 6.00. The van der Waals surface area contributed by atoms with Crippen LogP contribution in [0.3, 0.4) is 0 Å². The Balaban J connectivity index is 1.90. The van der Waals surface area contributed by atoms with Gasteiger partial charge in [0.25, 0.3) is 0 Å². The van der Waals surface area contributed by atoms with E-state index in [-0.39, 0.29) is 24.8 Å². The van der Waals surface area contributed by atoms with Crippen LogP contribution in [0, 0.1) is 26.2 Å². The zero-order chi connectivity index (χ0) is 31.7. The van der Waals surface area contributed by atoms with E-state index in [1.165, 1.54) is 19.8 Å². The number of carbonyl (C=O) groups is 2. The van der Waals surface area contributed by atoms with Crippen molar-refractivity contribution in [1.29, 1.82) is 0 Å². The van der Waals surface area contributed by atoms with Crippen LogP contribution >= 0.6 is 0 Å². The molecule has 0 unspecified atom stereocenters. The number of ether oxygens (including phenoxy) is 2. The topological polar surface area (TPSA) is 110 Å². The Morgan fingerprint density at radius 2 is 1.27 bits per heavy atom. The Bertz CT molecular complexity index is 1960. The molecule has 3 aromatic rings. The van der Waals surface area contributed by atoms with Gasteiger partial charge < -0.3 is 19.4 Å². The summed E-state index contributed by atoms with van der Waals surface area (Å²) < 4.78 is 9.88. The molecule has 8 heteroatoms. The molecule has 0 fully saturated rings. The molecule has 3 aromatic heterocycles. The fourth-order valence-corrected chi connectivity index (χ4v) is 6.10. The van der Waals surface area contributed by atoms with Gasteiger partial charge in [0.15, 0.2) is 0 Å². The molecule has 0 aromatic carbocycles. The van der Waals surface area contributed by atoms with Gasteiger partial charge in [0.2, 0.25) is 0 Å². The maximum atomic E-state index is 12.2. The molecule has 5 heterocycles. The van der Waals surface area contributed by atoms with Crippen LogP contribution in [0.2, 0.25) is 0 Å². The molecule has 2 aliphatic heterocycles. The van der Waals surface area contributed by atoms with Crippen LogP contribution in [-0.4, -0.2) is 46.1 Å². The SMILES string of the molecule is C#CC1=C(C)c2cc3nc(cc4[nH]c(cc5[nH]c(cc1n2)c(CC)c5C)c(C)c4CCC(=O)OC)C(CCC(=O)OC)=C3C. The molecule has 0 saturated carbocycles. The normalized spacial score (nSPS) is 12.9. The van der Waals surface area contributed by atoms with Crippen LogP contribution in [0.5, 0.6) is 0 Å². The Labute approximate surface area is 257 Å². The fourth-order valence-electron chi connectivity index (χ4n) is 6.10. The molecule has 0 spiro atoms. The number of H-pyrrole nitrogens is 2. The smallest absolute Gasteiger partial charge is 0.305 e. The second kappa shape index (κ2) is 12.4. The Morgan fingerprint density at radius 1 is 0.727 bits per heavy atom. The first kappa shape index (κ1) is 30.6. The van der Waals surface area contributed by atoms with Crippen molar-refractivity contribution in [1.82, 2.24) is 19.9 Å². The second-order valence-electron chi connectivity index (χ2n) is 11.2. The minimum atomic E-state index is -0.286. The lowest BCUT2D eigenvalue weighted by molar-refractivity contribution is -0.141. The van der Waals surface area contributed by atoms with E-state index in [1.807, 2.05) is 32.0 Å². The summed E-state index contributed by atoms with van der Waals surface area (Å²) in [5.41, 5.74) is 14.7. The van der Waals surface area contributed by atoms with Crippen LogP contribution in [0.1, 0.15) is 85.1 Å². The minimum Gasteiger partial charge on any atom is -0.469 e. The number of terminal acetylenes is 1. The molecule has 2 aliphatic rings. The molecule has 0 aliphatic carbocycles. The highest BCUT2D eigenvalue weighted by Gasteiger charge is 2.22. The predicted molar refractivity (Wildman–Crippen MR) is 175 cm³/mol. The van der Waals surface area contributed by atoms with Gasteiger partial charge in [0, 0.05) is 34.9 Å². The highest BCUT2D eigenvalue weighted by Crippen LogP contribution is 2.36. The predicted octanol–water partition coefficient (Wildman–Crippen LogP) is 7.05. The number of rotatable bonds is 7. The van der Waals surface area contributed by atoms with Gasteiger partial charge in [-0.3, -0.25) is 9.59 Å². The second-order valence-corrected chi connectivity index (χ2v) is 11.2. The average molecular weight is 591 g/mol. The highest BCUT2D eigenvalue weighted by atomic mass is 16.5. The summed E-state index contributed by atoms with van der Waals surface area (Å²) in [4.78, 5) is 41.6. The Kier molecular flexibility index (Phi) is 8.59. The molecule has 0 radical (unpaired) electrons. The van der Waals surface area contributed by atoms with Crippen molar-refractivity contribution >= 4 is 56.3 Å². The molecule has 2 N–H and O–H groups in total. The van der Waals surface area contributed by atoms with Gasteiger partial charge in [-0.15, -0.1) is 6.42 Å². The number of nitrogens with zero attached hydrogens (tertiary/aromatic N) is 2. The van der Waals surface area contributed by atoms with E-state index in [4.69, 9.17) is 25.9 Å². The van der Waals surface area contributed by atoms with E-state index in [2.05, 4.69) is 42.7 Å². The number of esters is 2. The Morgan fingerprint density at radius 3 is 1.89 bits per heavy atom. The van der Waals surface area contributed by atoms with Crippen molar-refractivity contribution in [3.8, 4) is 12.3 Å². The van der Waals surface area contributed by atoms with E-state index in [9.17, 15) is 9.59 Å². The standard InChI is InChI=1S/C36H38N4O4/c1-9-23-19(3)27-15-29-21(5)25(11-13-35(41)43-7)33(39-29)18-34-26(12-14-36(42)44-8)22(6)30(40-34)16-28-20(4)24(10-2)32(38-28)17-31(23)37-27/h1,15-18,38,40H,10-14H2,2-8H3. The lowest BCUT2D eigenvalue weighted by Crippen LogP contribution is -2.02. The number of nitrogens with one attached hydrogen (secondary N) is 2. The van der Waals surface area contributed by atoms with Crippen molar-refractivity contribution in [3.63, 3.8) is 0 Å². The first-order valence-corrected chi connectivity index (χ1v) is 14.9. The van der Waals surface area contributed by atoms with E-state index in [0.29, 0.717) is 12.8 Å². The first-order chi connectivity index (χ1) is 21.1. The monoisotopic (exact) mass is 590 g/mol. The molecule has 0 amide bonds. The number of aromatic amines is 2. The third-order valence-electron chi connectivity index (χ3n) is 8.78. The molecule has 44 heavy (non-hydrogen) atoms. The van der Waals surface area contributed by atoms with E-state index in [1.54, 1.807) is 0 Å². The van der Waals surface area contributed by atoms with Gasteiger partial charge in [0.1, 0.15) is 0 Å². The molecular weight excluding hydrogens is 552 g/mol. The maximum Gasteiger partial charge on any atom is 0.305 e. The summed E-state index contributed by atoms with van der Waals surface area (Å²) in [5, 5.41) is 0. The fraction of sp³-hybridized carbons (Fsp3) is 0.333.